The first-order chi connectivity index (χ1) is 34.0. The van der Waals surface area contributed by atoms with Gasteiger partial charge in [0.15, 0.2) is 6.10 Å². The number of rotatable bonds is 50. The third-order valence-corrected chi connectivity index (χ3v) is 11.8. The Morgan fingerprint density at radius 3 is 1.06 bits per heavy atom. The summed E-state index contributed by atoms with van der Waals surface area (Å²) < 4.78 is 16.8. The van der Waals surface area contributed by atoms with Gasteiger partial charge in [-0.3, -0.25) is 14.4 Å². The molecule has 0 saturated heterocycles. The molecule has 0 aromatic rings. The minimum absolute atomic E-state index is 0.113. The van der Waals surface area contributed by atoms with Crippen molar-refractivity contribution in [3.8, 4) is 0 Å². The lowest BCUT2D eigenvalue weighted by molar-refractivity contribution is -0.167. The van der Waals surface area contributed by atoms with Crippen molar-refractivity contribution in [2.45, 2.75) is 258 Å². The average Bonchev–Trinajstić information content (AvgIpc) is 3.35. The maximum absolute atomic E-state index is 12.8. The van der Waals surface area contributed by atoms with Gasteiger partial charge in [-0.25, -0.2) is 0 Å². The molecular weight excluding hydrogens is 853 g/mol. The van der Waals surface area contributed by atoms with Crippen molar-refractivity contribution in [2.24, 2.45) is 0 Å². The van der Waals surface area contributed by atoms with Crippen LogP contribution in [0.4, 0.5) is 0 Å². The van der Waals surface area contributed by atoms with E-state index in [1.165, 1.54) is 89.9 Å². The summed E-state index contributed by atoms with van der Waals surface area (Å²) in [5.41, 5.74) is 0. The fourth-order valence-electron chi connectivity index (χ4n) is 7.53. The predicted molar refractivity (Wildman–Crippen MR) is 297 cm³/mol. The van der Waals surface area contributed by atoms with E-state index >= 15 is 0 Å². The van der Waals surface area contributed by atoms with E-state index in [9.17, 15) is 14.4 Å². The maximum Gasteiger partial charge on any atom is 0.306 e. The van der Waals surface area contributed by atoms with Crippen LogP contribution in [0.25, 0.3) is 0 Å². The Labute approximate surface area is 425 Å². The lowest BCUT2D eigenvalue weighted by atomic mass is 10.1. The van der Waals surface area contributed by atoms with Gasteiger partial charge in [0.05, 0.1) is 0 Å². The van der Waals surface area contributed by atoms with Crippen LogP contribution in [-0.4, -0.2) is 37.2 Å². The van der Waals surface area contributed by atoms with Crippen molar-refractivity contribution in [3.05, 3.63) is 109 Å². The molecule has 0 fully saturated rings. The highest BCUT2D eigenvalue weighted by atomic mass is 16.6. The highest BCUT2D eigenvalue weighted by Crippen LogP contribution is 2.13. The number of ether oxygens (including phenoxy) is 3. The summed E-state index contributed by atoms with van der Waals surface area (Å²) >= 11 is 0. The van der Waals surface area contributed by atoms with Crippen LogP contribution in [0.5, 0.6) is 0 Å². The first-order valence-corrected chi connectivity index (χ1v) is 28.4. The van der Waals surface area contributed by atoms with E-state index in [0.717, 1.165) is 116 Å². The van der Waals surface area contributed by atoms with Gasteiger partial charge in [0.25, 0.3) is 0 Å². The Balaban J connectivity index is 4.54. The van der Waals surface area contributed by atoms with E-state index in [-0.39, 0.29) is 37.5 Å². The number of hydrogen-bond acceptors (Lipinski definition) is 6. The minimum Gasteiger partial charge on any atom is -0.462 e. The molecule has 0 saturated carbocycles. The van der Waals surface area contributed by atoms with Gasteiger partial charge < -0.3 is 14.2 Å². The minimum atomic E-state index is -0.822. The maximum atomic E-state index is 12.8. The van der Waals surface area contributed by atoms with E-state index in [0.29, 0.717) is 19.3 Å². The zero-order valence-corrected chi connectivity index (χ0v) is 44.8. The van der Waals surface area contributed by atoms with Gasteiger partial charge in [0.2, 0.25) is 0 Å². The predicted octanol–water partition coefficient (Wildman–Crippen LogP) is 19.1. The van der Waals surface area contributed by atoms with Crippen LogP contribution in [0, 0.1) is 0 Å². The lowest BCUT2D eigenvalue weighted by Crippen LogP contribution is -2.30. The fraction of sp³-hybridized carbons (Fsp3) is 0.667. The van der Waals surface area contributed by atoms with Crippen molar-refractivity contribution >= 4 is 17.9 Å². The molecule has 1 atom stereocenters. The van der Waals surface area contributed by atoms with E-state index < -0.39 is 6.10 Å². The summed E-state index contributed by atoms with van der Waals surface area (Å²) in [5.74, 6) is -1.00. The second-order valence-corrected chi connectivity index (χ2v) is 18.5. The van der Waals surface area contributed by atoms with Gasteiger partial charge in [0.1, 0.15) is 13.2 Å². The second-order valence-electron chi connectivity index (χ2n) is 18.5. The lowest BCUT2D eigenvalue weighted by Gasteiger charge is -2.18. The first-order valence-electron chi connectivity index (χ1n) is 28.4. The Kier molecular flexibility index (Phi) is 53.4. The second kappa shape index (κ2) is 56.7. The van der Waals surface area contributed by atoms with E-state index in [1.807, 2.05) is 0 Å². The number of allylic oxidation sites excluding steroid dienone is 18. The summed E-state index contributed by atoms with van der Waals surface area (Å²) in [6.07, 6.45) is 76.5. The molecule has 0 bridgehead atoms. The summed E-state index contributed by atoms with van der Waals surface area (Å²) in [4.78, 5) is 38.1. The molecule has 6 heteroatoms. The van der Waals surface area contributed by atoms with Crippen LogP contribution in [0.2, 0.25) is 0 Å². The average molecular weight is 958 g/mol. The van der Waals surface area contributed by atoms with Crippen molar-refractivity contribution in [2.75, 3.05) is 13.2 Å². The molecule has 0 aliphatic carbocycles. The van der Waals surface area contributed by atoms with Crippen LogP contribution in [-0.2, 0) is 28.6 Å². The van der Waals surface area contributed by atoms with Crippen molar-refractivity contribution in [3.63, 3.8) is 0 Å². The normalized spacial score (nSPS) is 12.9. The van der Waals surface area contributed by atoms with Gasteiger partial charge in [-0.15, -0.1) is 0 Å². The van der Waals surface area contributed by atoms with Crippen molar-refractivity contribution in [1.82, 2.24) is 0 Å². The standard InChI is InChI=1S/C63H104O6/c1-4-7-10-13-16-19-22-25-28-31-33-35-38-41-44-47-50-53-56-62(65)68-59-60(58-67-61(64)55-52-49-46-43-40-37-34-30-27-24-21-18-15-12-9-6-3)69-63(66)57-54-51-48-45-42-39-36-32-29-26-23-20-17-14-11-8-5-2/h8,11,17,20,22,25-26,28-31,33-36,39,45,48,60H,4-7,9-10,12-16,18-19,21,23-24,27,32,37-38,40-44,46-47,49-59H2,1-3H3/b11-8-,20-17-,25-22-,29-26-,31-28-,34-30-,35-33-,39-36-,48-45-. The van der Waals surface area contributed by atoms with Crippen LogP contribution in [0.3, 0.4) is 0 Å². The third-order valence-electron chi connectivity index (χ3n) is 11.8. The number of unbranched alkanes of at least 4 members (excludes halogenated alkanes) is 23. The van der Waals surface area contributed by atoms with Crippen LogP contribution >= 0.6 is 0 Å². The molecule has 1 unspecified atom stereocenters. The molecule has 0 aliphatic rings. The van der Waals surface area contributed by atoms with Crippen molar-refractivity contribution < 1.29 is 28.6 Å². The summed E-state index contributed by atoms with van der Waals surface area (Å²) in [7, 11) is 0. The molecule has 0 amide bonds. The number of carbonyl (C=O) groups excluding carboxylic acids is 3. The molecule has 0 N–H and O–H groups in total. The Morgan fingerprint density at radius 1 is 0.319 bits per heavy atom. The van der Waals surface area contributed by atoms with Crippen LogP contribution in [0.1, 0.15) is 252 Å². The molecular formula is C63H104O6. The summed E-state index contributed by atoms with van der Waals surface area (Å²) in [6, 6.07) is 0. The molecule has 392 valence electrons. The Morgan fingerprint density at radius 2 is 0.638 bits per heavy atom. The molecule has 0 spiro atoms. The van der Waals surface area contributed by atoms with Crippen LogP contribution < -0.4 is 0 Å². The summed E-state index contributed by atoms with van der Waals surface area (Å²) in [6.45, 7) is 6.44. The smallest absolute Gasteiger partial charge is 0.306 e. The van der Waals surface area contributed by atoms with E-state index in [1.54, 1.807) is 0 Å². The third kappa shape index (κ3) is 54.9. The molecule has 0 rings (SSSR count). The van der Waals surface area contributed by atoms with Gasteiger partial charge in [-0.05, 0) is 109 Å². The van der Waals surface area contributed by atoms with E-state index in [4.69, 9.17) is 14.2 Å². The first kappa shape index (κ1) is 65.1. The highest BCUT2D eigenvalue weighted by molar-refractivity contribution is 5.71. The Bertz CT molecular complexity index is 1420. The number of hydrogen-bond donors (Lipinski definition) is 0. The molecule has 6 nitrogen and oxygen atoms in total. The van der Waals surface area contributed by atoms with Gasteiger partial charge in [0, 0.05) is 19.3 Å². The number of carbonyl (C=O) groups is 3. The van der Waals surface area contributed by atoms with Gasteiger partial charge >= 0.3 is 17.9 Å². The zero-order valence-electron chi connectivity index (χ0n) is 44.8. The van der Waals surface area contributed by atoms with E-state index in [2.05, 4.69) is 130 Å². The molecule has 0 radical (unpaired) electrons. The quantitative estimate of drug-likeness (QED) is 0.0199. The Hall–Kier alpha value is -3.93. The fourth-order valence-corrected chi connectivity index (χ4v) is 7.53. The SMILES string of the molecule is CC/C=C\C/C=C\C/C=C\C/C=C\C/C=C\CCCC(=O)OC(COC(=O)CCCCCCC\C=C/C=C\C=C/CCCCCCC)COC(=O)CCCCCCC/C=C\CCCCCCCCC. The van der Waals surface area contributed by atoms with Gasteiger partial charge in [-0.2, -0.15) is 0 Å². The number of esters is 3. The molecule has 0 aromatic carbocycles. The molecule has 0 aliphatic heterocycles. The van der Waals surface area contributed by atoms with Crippen molar-refractivity contribution in [1.29, 1.82) is 0 Å². The van der Waals surface area contributed by atoms with Gasteiger partial charge in [-0.1, -0.05) is 233 Å². The van der Waals surface area contributed by atoms with Crippen LogP contribution in [0.15, 0.2) is 109 Å². The monoisotopic (exact) mass is 957 g/mol. The molecule has 0 aromatic heterocycles. The highest BCUT2D eigenvalue weighted by Gasteiger charge is 2.19. The summed E-state index contributed by atoms with van der Waals surface area (Å²) in [5, 5.41) is 0. The molecule has 69 heavy (non-hydrogen) atoms. The largest absolute Gasteiger partial charge is 0.462 e. The topological polar surface area (TPSA) is 78.9 Å². The molecule has 0 heterocycles. The zero-order chi connectivity index (χ0) is 50.0.